The molecule has 86 valence electrons. The molecule has 2 nitrogen and oxygen atoms in total. The summed E-state index contributed by atoms with van der Waals surface area (Å²) in [7, 11) is 0. The minimum atomic E-state index is 0.162. The van der Waals surface area contributed by atoms with Crippen LogP contribution in [0.15, 0.2) is 34.9 Å². The van der Waals surface area contributed by atoms with E-state index < -0.39 is 0 Å². The molecule has 0 unspecified atom stereocenters. The predicted octanol–water partition coefficient (Wildman–Crippen LogP) is 4.12. The van der Waals surface area contributed by atoms with Crippen LogP contribution in [0, 0.1) is 0 Å². The molecule has 0 bridgehead atoms. The van der Waals surface area contributed by atoms with Crippen molar-refractivity contribution in [3.05, 3.63) is 46.9 Å². The third kappa shape index (κ3) is 1.69. The Labute approximate surface area is 104 Å². The predicted molar refractivity (Wildman–Crippen MR) is 66.4 cm³/mol. The number of ketones is 1. The van der Waals surface area contributed by atoms with Crippen LogP contribution in [0.2, 0.25) is 5.02 Å². The summed E-state index contributed by atoms with van der Waals surface area (Å²) in [4.78, 5) is 11.9. The fourth-order valence-corrected chi connectivity index (χ4v) is 2.54. The van der Waals surface area contributed by atoms with Crippen LogP contribution in [0.1, 0.15) is 29.0 Å². The maximum absolute atomic E-state index is 11.9. The second-order valence-electron chi connectivity index (χ2n) is 4.20. The van der Waals surface area contributed by atoms with Crippen molar-refractivity contribution in [2.75, 3.05) is 0 Å². The van der Waals surface area contributed by atoms with E-state index in [9.17, 15) is 4.79 Å². The number of carbonyl (C=O) groups is 1. The van der Waals surface area contributed by atoms with Gasteiger partial charge in [0.15, 0.2) is 5.78 Å². The van der Waals surface area contributed by atoms with E-state index in [1.54, 1.807) is 6.26 Å². The molecule has 0 saturated heterocycles. The molecule has 1 aromatic carbocycles. The van der Waals surface area contributed by atoms with E-state index in [1.165, 1.54) is 0 Å². The third-order valence-corrected chi connectivity index (χ3v) is 3.45. The van der Waals surface area contributed by atoms with Crippen LogP contribution in [0.25, 0.3) is 11.1 Å². The Hall–Kier alpha value is -1.54. The number of halogens is 1. The van der Waals surface area contributed by atoms with Gasteiger partial charge in [0, 0.05) is 29.0 Å². The van der Waals surface area contributed by atoms with Crippen molar-refractivity contribution >= 4 is 17.4 Å². The van der Waals surface area contributed by atoms with Crippen LogP contribution in [0.5, 0.6) is 0 Å². The number of hydrogen-bond donors (Lipinski definition) is 0. The Balaban J connectivity index is 2.20. The summed E-state index contributed by atoms with van der Waals surface area (Å²) < 4.78 is 5.49. The monoisotopic (exact) mass is 246 g/mol. The molecule has 0 radical (unpaired) electrons. The minimum absolute atomic E-state index is 0.162. The summed E-state index contributed by atoms with van der Waals surface area (Å²) >= 11 is 6.15. The summed E-state index contributed by atoms with van der Waals surface area (Å²) in [6.45, 7) is 0. The SMILES string of the molecule is O=C1CCCc2occ(-c3ccccc3Cl)c21. The molecule has 1 aliphatic rings. The molecule has 17 heavy (non-hydrogen) atoms. The van der Waals surface area contributed by atoms with Gasteiger partial charge in [-0.25, -0.2) is 0 Å². The van der Waals surface area contributed by atoms with E-state index in [0.29, 0.717) is 11.4 Å². The lowest BCUT2D eigenvalue weighted by Crippen LogP contribution is -2.09. The lowest BCUT2D eigenvalue weighted by molar-refractivity contribution is 0.0970. The third-order valence-electron chi connectivity index (χ3n) is 3.12. The highest BCUT2D eigenvalue weighted by atomic mass is 35.5. The largest absolute Gasteiger partial charge is 0.468 e. The lowest BCUT2D eigenvalue weighted by atomic mass is 9.91. The van der Waals surface area contributed by atoms with Gasteiger partial charge in [0.2, 0.25) is 0 Å². The van der Waals surface area contributed by atoms with Crippen LogP contribution in [0.3, 0.4) is 0 Å². The molecule has 0 saturated carbocycles. The summed E-state index contributed by atoms with van der Waals surface area (Å²) in [6.07, 6.45) is 3.96. The molecule has 0 amide bonds. The molecule has 3 heteroatoms. The van der Waals surface area contributed by atoms with E-state index in [0.717, 1.165) is 35.3 Å². The van der Waals surface area contributed by atoms with Crippen molar-refractivity contribution in [3.63, 3.8) is 0 Å². The highest BCUT2D eigenvalue weighted by Crippen LogP contribution is 2.36. The number of benzene rings is 1. The maximum atomic E-state index is 11.9. The fraction of sp³-hybridized carbons (Fsp3) is 0.214. The van der Waals surface area contributed by atoms with Crippen LogP contribution < -0.4 is 0 Å². The highest BCUT2D eigenvalue weighted by molar-refractivity contribution is 6.33. The zero-order chi connectivity index (χ0) is 11.8. The minimum Gasteiger partial charge on any atom is -0.468 e. The number of fused-ring (bicyclic) bond motifs is 1. The first-order valence-electron chi connectivity index (χ1n) is 5.66. The van der Waals surface area contributed by atoms with Gasteiger partial charge in [0.1, 0.15) is 5.76 Å². The molecule has 0 N–H and O–H groups in total. The van der Waals surface area contributed by atoms with Gasteiger partial charge >= 0.3 is 0 Å². The van der Waals surface area contributed by atoms with Gasteiger partial charge in [0.05, 0.1) is 11.8 Å². The van der Waals surface area contributed by atoms with Gasteiger partial charge in [0.25, 0.3) is 0 Å². The standard InChI is InChI=1S/C14H11ClO2/c15-11-5-2-1-4-9(11)10-8-17-13-7-3-6-12(16)14(10)13/h1-2,4-5,8H,3,6-7H2. The number of furan rings is 1. The quantitative estimate of drug-likeness (QED) is 0.758. The lowest BCUT2D eigenvalue weighted by Gasteiger charge is -2.10. The summed E-state index contributed by atoms with van der Waals surface area (Å²) in [5.41, 5.74) is 2.43. The van der Waals surface area contributed by atoms with Crippen LogP contribution in [0.4, 0.5) is 0 Å². The van der Waals surface area contributed by atoms with Crippen molar-refractivity contribution in [2.45, 2.75) is 19.3 Å². The zero-order valence-electron chi connectivity index (χ0n) is 9.20. The topological polar surface area (TPSA) is 30.2 Å². The number of carbonyl (C=O) groups excluding carboxylic acids is 1. The molecule has 1 aromatic heterocycles. The molecular weight excluding hydrogens is 236 g/mol. The number of Topliss-reactive ketones (excluding diaryl/α,β-unsaturated/α-hetero) is 1. The van der Waals surface area contributed by atoms with E-state index in [1.807, 2.05) is 24.3 Å². The summed E-state index contributed by atoms with van der Waals surface area (Å²) in [5.74, 6) is 0.964. The van der Waals surface area contributed by atoms with Gasteiger partial charge in [-0.1, -0.05) is 29.8 Å². The van der Waals surface area contributed by atoms with Crippen molar-refractivity contribution in [1.29, 1.82) is 0 Å². The normalized spacial score (nSPS) is 14.8. The van der Waals surface area contributed by atoms with Gasteiger partial charge in [-0.05, 0) is 12.5 Å². The van der Waals surface area contributed by atoms with E-state index in [-0.39, 0.29) is 5.78 Å². The van der Waals surface area contributed by atoms with E-state index in [4.69, 9.17) is 16.0 Å². The molecule has 3 rings (SSSR count). The van der Waals surface area contributed by atoms with Crippen molar-refractivity contribution < 1.29 is 9.21 Å². The average Bonchev–Trinajstić information content (AvgIpc) is 2.75. The first kappa shape index (κ1) is 10.6. The Morgan fingerprint density at radius 2 is 1.94 bits per heavy atom. The van der Waals surface area contributed by atoms with Crippen LogP contribution in [-0.2, 0) is 6.42 Å². The Bertz CT molecular complexity index is 584. The van der Waals surface area contributed by atoms with E-state index in [2.05, 4.69) is 0 Å². The Kier molecular flexibility index (Phi) is 2.52. The smallest absolute Gasteiger partial charge is 0.167 e. The van der Waals surface area contributed by atoms with Gasteiger partial charge in [-0.3, -0.25) is 4.79 Å². The van der Waals surface area contributed by atoms with Crippen LogP contribution >= 0.6 is 11.6 Å². The van der Waals surface area contributed by atoms with Gasteiger partial charge < -0.3 is 4.42 Å². The molecule has 1 aliphatic carbocycles. The van der Waals surface area contributed by atoms with Gasteiger partial charge in [-0.15, -0.1) is 0 Å². The van der Waals surface area contributed by atoms with Crippen molar-refractivity contribution in [3.8, 4) is 11.1 Å². The van der Waals surface area contributed by atoms with Gasteiger partial charge in [-0.2, -0.15) is 0 Å². The number of rotatable bonds is 1. The first-order valence-corrected chi connectivity index (χ1v) is 6.03. The summed E-state index contributed by atoms with van der Waals surface area (Å²) in [5, 5.41) is 0.648. The molecule has 0 aliphatic heterocycles. The molecule has 0 fully saturated rings. The molecule has 0 spiro atoms. The highest BCUT2D eigenvalue weighted by Gasteiger charge is 2.25. The molecular formula is C14H11ClO2. The second-order valence-corrected chi connectivity index (χ2v) is 4.61. The number of aryl methyl sites for hydroxylation is 1. The average molecular weight is 247 g/mol. The Morgan fingerprint density at radius 3 is 2.76 bits per heavy atom. The number of hydrogen-bond acceptors (Lipinski definition) is 2. The zero-order valence-corrected chi connectivity index (χ0v) is 9.96. The molecule has 0 atom stereocenters. The molecule has 1 heterocycles. The first-order chi connectivity index (χ1) is 8.27. The molecule has 2 aromatic rings. The van der Waals surface area contributed by atoms with Crippen molar-refractivity contribution in [1.82, 2.24) is 0 Å². The van der Waals surface area contributed by atoms with Crippen molar-refractivity contribution in [2.24, 2.45) is 0 Å². The maximum Gasteiger partial charge on any atom is 0.167 e. The summed E-state index contributed by atoms with van der Waals surface area (Å²) in [6, 6.07) is 7.52. The fourth-order valence-electron chi connectivity index (χ4n) is 2.30. The van der Waals surface area contributed by atoms with E-state index >= 15 is 0 Å². The van der Waals surface area contributed by atoms with Crippen LogP contribution in [-0.4, -0.2) is 5.78 Å². The Morgan fingerprint density at radius 1 is 1.12 bits per heavy atom. The second kappa shape index (κ2) is 4.04.